The molecular formula is C26H22N8O3. The van der Waals surface area contributed by atoms with E-state index in [-0.39, 0.29) is 35.4 Å². The zero-order chi connectivity index (χ0) is 25.5. The number of carbonyl (C=O) groups is 2. The molecule has 2 amide bonds. The Hall–Kier alpha value is -4.93. The summed E-state index contributed by atoms with van der Waals surface area (Å²) in [5.74, 6) is -0.0503. The normalized spacial score (nSPS) is 25.1. The van der Waals surface area contributed by atoms with Gasteiger partial charge in [-0.25, -0.2) is 4.98 Å². The summed E-state index contributed by atoms with van der Waals surface area (Å²) in [6, 6.07) is 16.4. The molecule has 2 aromatic carbocycles. The van der Waals surface area contributed by atoms with E-state index in [4.69, 9.17) is 10.7 Å². The molecule has 4 aromatic rings. The van der Waals surface area contributed by atoms with Gasteiger partial charge < -0.3 is 25.8 Å². The summed E-state index contributed by atoms with van der Waals surface area (Å²) in [5.41, 5.74) is 7.68. The molecule has 184 valence electrons. The second-order valence-corrected chi connectivity index (χ2v) is 9.57. The number of amides is 2. The number of carbonyl (C=O) groups excluding carboxylic acids is 2. The molecular weight excluding hydrogens is 472 g/mol. The van der Waals surface area contributed by atoms with Crippen molar-refractivity contribution in [2.45, 2.75) is 24.0 Å². The van der Waals surface area contributed by atoms with E-state index in [2.05, 4.69) is 20.6 Å². The third kappa shape index (κ3) is 2.79. The van der Waals surface area contributed by atoms with Crippen LogP contribution in [0.5, 0.6) is 0 Å². The van der Waals surface area contributed by atoms with Crippen LogP contribution in [0.4, 0.5) is 11.6 Å². The highest BCUT2D eigenvalue weighted by Crippen LogP contribution is 2.55. The molecule has 2 fully saturated rings. The van der Waals surface area contributed by atoms with Gasteiger partial charge in [0.05, 0.1) is 5.41 Å². The lowest BCUT2D eigenvalue weighted by Gasteiger charge is -2.35. The Morgan fingerprint density at radius 1 is 1.05 bits per heavy atom. The van der Waals surface area contributed by atoms with Gasteiger partial charge in [-0.1, -0.05) is 48.5 Å². The minimum atomic E-state index is -0.910. The molecule has 0 unspecified atom stereocenters. The first-order valence-electron chi connectivity index (χ1n) is 11.9. The van der Waals surface area contributed by atoms with Crippen molar-refractivity contribution < 1.29 is 9.59 Å². The van der Waals surface area contributed by atoms with Gasteiger partial charge in [0.15, 0.2) is 11.2 Å². The smallest absolute Gasteiger partial charge is 0.280 e. The number of rotatable bonds is 2. The number of benzene rings is 2. The molecule has 11 heteroatoms. The average molecular weight is 495 g/mol. The van der Waals surface area contributed by atoms with Gasteiger partial charge in [0.25, 0.3) is 11.5 Å². The first-order chi connectivity index (χ1) is 17.9. The number of hydrogen-bond donors (Lipinski definition) is 4. The van der Waals surface area contributed by atoms with E-state index in [1.54, 1.807) is 22.6 Å². The number of anilines is 2. The summed E-state index contributed by atoms with van der Waals surface area (Å²) >= 11 is 0. The second-order valence-electron chi connectivity index (χ2n) is 9.57. The minimum absolute atomic E-state index is 0.0138. The van der Waals surface area contributed by atoms with E-state index in [1.165, 1.54) is 0 Å². The highest BCUT2D eigenvalue weighted by Gasteiger charge is 2.65. The number of aromatic amines is 1. The number of nitrogens with two attached hydrogens (primary N) is 1. The molecule has 7 rings (SSSR count). The fraction of sp³-hybridized carbons (Fsp3) is 0.192. The molecule has 5 N–H and O–H groups in total. The zero-order valence-corrected chi connectivity index (χ0v) is 19.7. The number of fused-ring (bicyclic) bond motifs is 6. The third-order valence-corrected chi connectivity index (χ3v) is 7.58. The summed E-state index contributed by atoms with van der Waals surface area (Å²) in [5, 5.41) is 6.30. The Morgan fingerprint density at radius 3 is 2.62 bits per heavy atom. The zero-order valence-electron chi connectivity index (χ0n) is 19.7. The van der Waals surface area contributed by atoms with E-state index in [9.17, 15) is 14.4 Å². The van der Waals surface area contributed by atoms with Crippen LogP contribution in [0.25, 0.3) is 17.2 Å². The fourth-order valence-electron chi connectivity index (χ4n) is 6.05. The van der Waals surface area contributed by atoms with Crippen molar-refractivity contribution in [3.8, 4) is 0 Å². The molecule has 11 nitrogen and oxygen atoms in total. The Bertz CT molecular complexity index is 1720. The van der Waals surface area contributed by atoms with Crippen molar-refractivity contribution in [3.63, 3.8) is 0 Å². The van der Waals surface area contributed by atoms with E-state index in [0.717, 1.165) is 16.8 Å². The van der Waals surface area contributed by atoms with Crippen molar-refractivity contribution in [1.29, 1.82) is 0 Å². The number of aryl methyl sites for hydroxylation is 1. The minimum Gasteiger partial charge on any atom is -0.369 e. The number of nitrogen functional groups attached to an aromatic ring is 1. The standard InChI is InChI=1S/C26H22N8O3/c1-33-19-18(21(36)32-25(27)31-19)30-23(33)26-12-17-20(35)28-16(11-13-7-3-2-4-8-13)22(37)34(17)24(26)29-15-10-6-5-9-14(15)26/h2-11,17,24,29H,12H2,1H3,(H,28,35)(H3,27,31,32,36)/b16-11+/t17-,24+,26-/m0/s1. The van der Waals surface area contributed by atoms with Gasteiger partial charge in [-0.2, -0.15) is 4.98 Å². The number of nitrogens with zero attached hydrogens (tertiary/aromatic N) is 4. The van der Waals surface area contributed by atoms with Crippen LogP contribution >= 0.6 is 0 Å². The van der Waals surface area contributed by atoms with E-state index in [1.807, 2.05) is 54.6 Å². The van der Waals surface area contributed by atoms with Gasteiger partial charge in [-0.15, -0.1) is 0 Å². The van der Waals surface area contributed by atoms with Gasteiger partial charge in [0, 0.05) is 12.7 Å². The van der Waals surface area contributed by atoms with E-state index >= 15 is 0 Å². The van der Waals surface area contributed by atoms with Crippen LogP contribution in [-0.4, -0.2) is 48.4 Å². The van der Waals surface area contributed by atoms with Crippen LogP contribution < -0.4 is 21.9 Å². The Balaban J connectivity index is 1.44. The quantitative estimate of drug-likeness (QED) is 0.304. The lowest BCUT2D eigenvalue weighted by atomic mass is 9.77. The van der Waals surface area contributed by atoms with Crippen LogP contribution in [0.2, 0.25) is 0 Å². The van der Waals surface area contributed by atoms with Crippen molar-refractivity contribution in [1.82, 2.24) is 29.7 Å². The van der Waals surface area contributed by atoms with Crippen LogP contribution in [-0.2, 0) is 22.1 Å². The number of aromatic nitrogens is 4. The monoisotopic (exact) mass is 494 g/mol. The summed E-state index contributed by atoms with van der Waals surface area (Å²) in [6.07, 6.45) is 1.35. The van der Waals surface area contributed by atoms with E-state index in [0.29, 0.717) is 11.5 Å². The molecule has 2 saturated heterocycles. The molecule has 37 heavy (non-hydrogen) atoms. The Morgan fingerprint density at radius 2 is 1.81 bits per heavy atom. The highest BCUT2D eigenvalue weighted by atomic mass is 16.2. The lowest BCUT2D eigenvalue weighted by Crippen LogP contribution is -2.58. The number of imidazole rings is 1. The number of nitrogens with one attached hydrogen (secondary N) is 3. The number of hydrogen-bond acceptors (Lipinski definition) is 7. The second kappa shape index (κ2) is 7.29. The topological polar surface area (TPSA) is 151 Å². The van der Waals surface area contributed by atoms with Gasteiger partial charge in [0.2, 0.25) is 11.9 Å². The van der Waals surface area contributed by atoms with E-state index < -0.39 is 23.2 Å². The average Bonchev–Trinajstić information content (AvgIpc) is 3.50. The molecule has 3 aliphatic rings. The molecule has 2 aromatic heterocycles. The first-order valence-corrected chi connectivity index (χ1v) is 11.9. The summed E-state index contributed by atoms with van der Waals surface area (Å²) in [7, 11) is 1.77. The van der Waals surface area contributed by atoms with Crippen LogP contribution in [0.3, 0.4) is 0 Å². The third-order valence-electron chi connectivity index (χ3n) is 7.58. The molecule has 0 spiro atoms. The van der Waals surface area contributed by atoms with Crippen molar-refractivity contribution >= 4 is 40.7 Å². The maximum absolute atomic E-state index is 13.9. The number of para-hydroxylation sites is 1. The maximum atomic E-state index is 13.9. The summed E-state index contributed by atoms with van der Waals surface area (Å²) < 4.78 is 1.74. The van der Waals surface area contributed by atoms with Crippen LogP contribution in [0, 0.1) is 0 Å². The Labute approximate surface area is 210 Å². The fourth-order valence-corrected chi connectivity index (χ4v) is 6.05. The molecule has 5 heterocycles. The lowest BCUT2D eigenvalue weighted by molar-refractivity contribution is -0.141. The Kier molecular flexibility index (Phi) is 4.21. The SMILES string of the molecule is Cn1c([C@@]23C[C@H]4C(=O)N/C(=C/c5ccccc5)C(=O)N4[C@H]2Nc2ccccc23)nc2c(=O)[nH]c(N)nc21. The summed E-state index contributed by atoms with van der Waals surface area (Å²) in [6.45, 7) is 0. The van der Waals surface area contributed by atoms with Gasteiger partial charge in [0.1, 0.15) is 23.7 Å². The van der Waals surface area contributed by atoms with Crippen molar-refractivity contribution in [2.75, 3.05) is 11.1 Å². The van der Waals surface area contributed by atoms with Gasteiger partial charge in [-0.3, -0.25) is 19.4 Å². The van der Waals surface area contributed by atoms with Gasteiger partial charge >= 0.3 is 0 Å². The van der Waals surface area contributed by atoms with Crippen molar-refractivity contribution in [2.24, 2.45) is 7.05 Å². The highest BCUT2D eigenvalue weighted by molar-refractivity contribution is 6.08. The van der Waals surface area contributed by atoms with Crippen molar-refractivity contribution in [3.05, 3.63) is 87.6 Å². The first kappa shape index (κ1) is 21.4. The predicted molar refractivity (Wildman–Crippen MR) is 136 cm³/mol. The maximum Gasteiger partial charge on any atom is 0.280 e. The largest absolute Gasteiger partial charge is 0.369 e. The molecule has 0 saturated carbocycles. The molecule has 3 aliphatic heterocycles. The van der Waals surface area contributed by atoms with Crippen LogP contribution in [0.15, 0.2) is 65.1 Å². The molecule has 0 radical (unpaired) electrons. The number of piperazine rings is 1. The summed E-state index contributed by atoms with van der Waals surface area (Å²) in [4.78, 5) is 53.1. The number of H-pyrrole nitrogens is 1. The van der Waals surface area contributed by atoms with Gasteiger partial charge in [-0.05, 0) is 29.7 Å². The molecule has 0 aliphatic carbocycles. The molecule has 3 atom stereocenters. The predicted octanol–water partition coefficient (Wildman–Crippen LogP) is 1.05. The van der Waals surface area contributed by atoms with Crippen LogP contribution in [0.1, 0.15) is 23.4 Å². The molecule has 0 bridgehead atoms.